The number of aromatic nitrogens is 2. The Morgan fingerprint density at radius 1 is 1.12 bits per heavy atom. The topological polar surface area (TPSA) is 146 Å². The SMILES string of the molecule is C[C@H]1Cc2ccc3c(c2)[C@@]2(c4cc(F)ccc4N[C@@H]2O3)c2oc(nc2-c2nc(C(N)=O)co2)[C@H](C(C)(C)C)NC1=O. The number of ether oxygens (including phenoxy) is 1. The quantitative estimate of drug-likeness (QED) is 0.328. The number of nitrogens with zero attached hydrogens (tertiary/aromatic N) is 2. The second-order valence-electron chi connectivity index (χ2n) is 12.0. The molecule has 1 spiro atoms. The predicted molar refractivity (Wildman–Crippen MR) is 144 cm³/mol. The number of rotatable bonds is 2. The van der Waals surface area contributed by atoms with E-state index in [1.807, 2.05) is 45.9 Å². The first-order valence-electron chi connectivity index (χ1n) is 13.4. The number of fused-ring (bicyclic) bond motifs is 4. The lowest BCUT2D eigenvalue weighted by molar-refractivity contribution is -0.126. The second kappa shape index (κ2) is 8.42. The van der Waals surface area contributed by atoms with Crippen molar-refractivity contribution >= 4 is 17.5 Å². The molecule has 0 saturated carbocycles. The maximum atomic E-state index is 14.9. The Bertz CT molecular complexity index is 1750. The third kappa shape index (κ3) is 3.61. The molecule has 0 fully saturated rings. The lowest BCUT2D eigenvalue weighted by atomic mass is 9.72. The molecule has 4 bridgehead atoms. The van der Waals surface area contributed by atoms with Crippen LogP contribution >= 0.6 is 0 Å². The molecule has 11 heteroatoms. The van der Waals surface area contributed by atoms with Gasteiger partial charge in [-0.2, -0.15) is 0 Å². The molecule has 2 amide bonds. The number of oxazole rings is 2. The van der Waals surface area contributed by atoms with E-state index in [0.29, 0.717) is 23.4 Å². The van der Waals surface area contributed by atoms with E-state index < -0.39 is 34.8 Å². The van der Waals surface area contributed by atoms with Crippen molar-refractivity contribution in [2.45, 2.75) is 51.8 Å². The van der Waals surface area contributed by atoms with Gasteiger partial charge < -0.3 is 29.9 Å². The van der Waals surface area contributed by atoms with Crippen LogP contribution in [0.2, 0.25) is 0 Å². The van der Waals surface area contributed by atoms with E-state index in [0.717, 1.165) is 17.4 Å². The molecule has 7 rings (SSSR count). The van der Waals surface area contributed by atoms with Gasteiger partial charge >= 0.3 is 0 Å². The Morgan fingerprint density at radius 2 is 1.93 bits per heavy atom. The molecule has 5 heterocycles. The summed E-state index contributed by atoms with van der Waals surface area (Å²) in [6.45, 7) is 7.78. The summed E-state index contributed by atoms with van der Waals surface area (Å²) < 4.78 is 33.8. The maximum Gasteiger partial charge on any atom is 0.270 e. The van der Waals surface area contributed by atoms with Gasteiger partial charge in [-0.15, -0.1) is 0 Å². The zero-order valence-corrected chi connectivity index (χ0v) is 22.9. The lowest BCUT2D eigenvalue weighted by Crippen LogP contribution is -2.41. The summed E-state index contributed by atoms with van der Waals surface area (Å²) in [6.07, 6.45) is 0.903. The zero-order chi connectivity index (χ0) is 28.8. The molecule has 2 aromatic carbocycles. The van der Waals surface area contributed by atoms with Crippen LogP contribution in [0.3, 0.4) is 0 Å². The fourth-order valence-corrected chi connectivity index (χ4v) is 6.12. The second-order valence-corrected chi connectivity index (χ2v) is 12.0. The largest absolute Gasteiger partial charge is 0.469 e. The molecule has 4 N–H and O–H groups in total. The highest BCUT2D eigenvalue weighted by atomic mass is 19.1. The summed E-state index contributed by atoms with van der Waals surface area (Å²) in [5.41, 5.74) is 6.73. The minimum absolute atomic E-state index is 0.00592. The summed E-state index contributed by atoms with van der Waals surface area (Å²) in [7, 11) is 0. The molecule has 3 aliphatic heterocycles. The van der Waals surface area contributed by atoms with E-state index in [-0.39, 0.29) is 40.8 Å². The molecule has 41 heavy (non-hydrogen) atoms. The number of amides is 2. The van der Waals surface area contributed by atoms with E-state index in [1.165, 1.54) is 12.1 Å². The van der Waals surface area contributed by atoms with Gasteiger partial charge in [0.05, 0.1) is 0 Å². The fraction of sp³-hybridized carbons (Fsp3) is 0.333. The molecule has 10 nitrogen and oxygen atoms in total. The summed E-state index contributed by atoms with van der Waals surface area (Å²) in [5, 5.41) is 6.52. The van der Waals surface area contributed by atoms with Crippen molar-refractivity contribution in [3.05, 3.63) is 82.5 Å². The molecule has 0 radical (unpaired) electrons. The Kier molecular flexibility index (Phi) is 5.20. The number of anilines is 1. The van der Waals surface area contributed by atoms with Gasteiger partial charge in [0, 0.05) is 22.7 Å². The van der Waals surface area contributed by atoms with Crippen molar-refractivity contribution < 1.29 is 27.6 Å². The number of carbonyl (C=O) groups is 2. The van der Waals surface area contributed by atoms with Crippen LogP contribution in [0, 0.1) is 17.2 Å². The average molecular weight is 558 g/mol. The highest BCUT2D eigenvalue weighted by Crippen LogP contribution is 2.59. The van der Waals surface area contributed by atoms with Crippen LogP contribution in [0.1, 0.15) is 72.6 Å². The van der Waals surface area contributed by atoms with Crippen LogP contribution in [-0.2, 0) is 16.6 Å². The van der Waals surface area contributed by atoms with Crippen molar-refractivity contribution in [1.82, 2.24) is 15.3 Å². The minimum Gasteiger partial charge on any atom is -0.469 e. The van der Waals surface area contributed by atoms with Gasteiger partial charge in [0.15, 0.2) is 23.4 Å². The third-order valence-corrected chi connectivity index (χ3v) is 8.15. The molecular weight excluding hydrogens is 529 g/mol. The first kappa shape index (κ1) is 25.3. The molecule has 210 valence electrons. The summed E-state index contributed by atoms with van der Waals surface area (Å²) in [6, 6.07) is 9.61. The van der Waals surface area contributed by atoms with Crippen molar-refractivity contribution in [2.75, 3.05) is 5.32 Å². The van der Waals surface area contributed by atoms with E-state index in [4.69, 9.17) is 24.3 Å². The number of halogens is 1. The van der Waals surface area contributed by atoms with Gasteiger partial charge in [-0.25, -0.2) is 14.4 Å². The summed E-state index contributed by atoms with van der Waals surface area (Å²) in [5.74, 6) is -0.654. The van der Waals surface area contributed by atoms with Crippen LogP contribution in [-0.4, -0.2) is 28.0 Å². The molecule has 2 aromatic heterocycles. The molecular formula is C30H28FN5O5. The van der Waals surface area contributed by atoms with E-state index >= 15 is 0 Å². The van der Waals surface area contributed by atoms with Crippen LogP contribution in [0.25, 0.3) is 11.6 Å². The van der Waals surface area contributed by atoms with Gasteiger partial charge in [-0.3, -0.25) is 9.59 Å². The van der Waals surface area contributed by atoms with Crippen molar-refractivity contribution in [3.8, 4) is 17.3 Å². The molecule has 4 atom stereocenters. The monoisotopic (exact) mass is 557 g/mol. The Labute approximate surface area is 234 Å². The third-order valence-electron chi connectivity index (χ3n) is 8.15. The van der Waals surface area contributed by atoms with Crippen LogP contribution in [0.15, 0.2) is 51.5 Å². The van der Waals surface area contributed by atoms with Gasteiger partial charge in [-0.05, 0) is 41.7 Å². The van der Waals surface area contributed by atoms with Crippen molar-refractivity contribution in [1.29, 1.82) is 0 Å². The number of carbonyl (C=O) groups excluding carboxylic acids is 2. The highest BCUT2D eigenvalue weighted by Gasteiger charge is 2.61. The zero-order valence-electron chi connectivity index (χ0n) is 22.9. The predicted octanol–water partition coefficient (Wildman–Crippen LogP) is 4.44. The van der Waals surface area contributed by atoms with E-state index in [2.05, 4.69) is 15.6 Å². The first-order valence-corrected chi connectivity index (χ1v) is 13.4. The van der Waals surface area contributed by atoms with E-state index in [1.54, 1.807) is 6.07 Å². The van der Waals surface area contributed by atoms with Crippen molar-refractivity contribution in [3.63, 3.8) is 0 Å². The van der Waals surface area contributed by atoms with Crippen molar-refractivity contribution in [2.24, 2.45) is 17.1 Å². The van der Waals surface area contributed by atoms with E-state index in [9.17, 15) is 14.0 Å². The molecule has 4 aromatic rings. The molecule has 0 aliphatic carbocycles. The Hall–Kier alpha value is -4.67. The van der Waals surface area contributed by atoms with Gasteiger partial charge in [-0.1, -0.05) is 39.8 Å². The fourth-order valence-electron chi connectivity index (χ4n) is 6.12. The number of nitrogens with two attached hydrogens (primary N) is 1. The number of hydrogen-bond acceptors (Lipinski definition) is 8. The number of benzene rings is 2. The van der Waals surface area contributed by atoms with Crippen LogP contribution in [0.5, 0.6) is 5.75 Å². The van der Waals surface area contributed by atoms with Gasteiger partial charge in [0.25, 0.3) is 5.91 Å². The van der Waals surface area contributed by atoms with Gasteiger partial charge in [0.2, 0.25) is 17.7 Å². The molecule has 3 aliphatic rings. The molecule has 0 unspecified atom stereocenters. The first-order chi connectivity index (χ1) is 19.5. The minimum atomic E-state index is -1.21. The lowest BCUT2D eigenvalue weighted by Gasteiger charge is -2.31. The Balaban J connectivity index is 1.60. The normalized spacial score (nSPS) is 24.3. The Morgan fingerprint density at radius 3 is 2.66 bits per heavy atom. The van der Waals surface area contributed by atoms with Crippen LogP contribution in [0.4, 0.5) is 10.1 Å². The highest BCUT2D eigenvalue weighted by molar-refractivity contribution is 5.91. The summed E-state index contributed by atoms with van der Waals surface area (Å²) in [4.78, 5) is 34.5. The summed E-state index contributed by atoms with van der Waals surface area (Å²) >= 11 is 0. The number of primary amides is 1. The van der Waals surface area contributed by atoms with Crippen LogP contribution < -0.4 is 21.1 Å². The van der Waals surface area contributed by atoms with Gasteiger partial charge in [0.1, 0.15) is 29.3 Å². The maximum absolute atomic E-state index is 14.9. The average Bonchev–Trinajstić information content (AvgIpc) is 3.67. The standard InChI is InChI=1S/C30H28FN5O5/c1-13-9-14-5-8-20-17(10-14)30(16-11-15(31)6-7-18(16)34-28(30)40-20)23-21(26-33-19(12-39-26)24(32)37)35-27(41-23)22(29(2,3)4)36-25(13)38/h5-8,10-13,22,28,34H,9H2,1-4H3,(H2,32,37)(H,36,38)/t13-,22+,28+,30-/m0/s1. The smallest absolute Gasteiger partial charge is 0.270 e. The number of nitrogens with one attached hydrogen (secondary N) is 2. The number of hydrogen-bond donors (Lipinski definition) is 3. The molecule has 0 saturated heterocycles.